The third-order valence-corrected chi connectivity index (χ3v) is 9.95. The van der Waals surface area contributed by atoms with Gasteiger partial charge < -0.3 is 9.64 Å². The number of ether oxygens (including phenoxy) is 1. The molecule has 2 aliphatic carbocycles. The Balaban J connectivity index is 1.36. The molecule has 196 valence electrons. The number of nitrogens with zero attached hydrogens (tertiary/aromatic N) is 3. The predicted octanol–water partition coefficient (Wildman–Crippen LogP) is 5.55. The molecule has 1 aromatic heterocycles. The minimum atomic E-state index is -2.45. The maximum Gasteiger partial charge on any atom is 0.309 e. The lowest BCUT2D eigenvalue weighted by Crippen LogP contribution is -2.38. The van der Waals surface area contributed by atoms with Crippen molar-refractivity contribution in [2.24, 2.45) is 17.8 Å². The summed E-state index contributed by atoms with van der Waals surface area (Å²) in [7, 11) is -0.996. The summed E-state index contributed by atoms with van der Waals surface area (Å²) in [5.74, 6) is 1.27. The number of carbonyl (C=O) groups excluding carboxylic acids is 1. The SMILES string of the molecule is COC(=O)C1CC2CC2CC1c1nn(-c2ccc(F)cc2)cc1-c1ccc(N2CCS(O)(O)CC2)cc1. The molecule has 2 saturated carbocycles. The van der Waals surface area contributed by atoms with E-state index in [4.69, 9.17) is 9.84 Å². The molecule has 3 aromatic rings. The predicted molar refractivity (Wildman–Crippen MR) is 143 cm³/mol. The van der Waals surface area contributed by atoms with E-state index in [1.54, 1.807) is 16.8 Å². The first-order valence-electron chi connectivity index (χ1n) is 12.8. The number of hydrogen-bond acceptors (Lipinski definition) is 6. The molecule has 0 radical (unpaired) electrons. The number of rotatable bonds is 5. The Morgan fingerprint density at radius 2 is 1.62 bits per heavy atom. The molecule has 37 heavy (non-hydrogen) atoms. The highest BCUT2D eigenvalue weighted by Crippen LogP contribution is 2.57. The van der Waals surface area contributed by atoms with Crippen molar-refractivity contribution in [2.75, 3.05) is 36.6 Å². The summed E-state index contributed by atoms with van der Waals surface area (Å²) in [4.78, 5) is 15.0. The van der Waals surface area contributed by atoms with E-state index in [9.17, 15) is 18.3 Å². The normalized spacial score (nSPS) is 27.3. The first-order chi connectivity index (χ1) is 17.8. The van der Waals surface area contributed by atoms with E-state index in [-0.39, 0.29) is 23.6 Å². The number of esters is 1. The van der Waals surface area contributed by atoms with Gasteiger partial charge >= 0.3 is 5.97 Å². The second-order valence-electron chi connectivity index (χ2n) is 10.6. The molecule has 1 aliphatic heterocycles. The van der Waals surface area contributed by atoms with Crippen LogP contribution in [0.2, 0.25) is 0 Å². The topological polar surface area (TPSA) is 87.8 Å². The first kappa shape index (κ1) is 24.5. The molecule has 4 unspecified atom stereocenters. The molecule has 4 atom stereocenters. The number of methoxy groups -OCH3 is 1. The lowest BCUT2D eigenvalue weighted by Gasteiger charge is -2.41. The monoisotopic (exact) mass is 525 g/mol. The number of fused-ring (bicyclic) bond motifs is 1. The van der Waals surface area contributed by atoms with Gasteiger partial charge in [-0.2, -0.15) is 15.7 Å². The Morgan fingerprint density at radius 3 is 2.30 bits per heavy atom. The van der Waals surface area contributed by atoms with Crippen molar-refractivity contribution in [3.8, 4) is 16.8 Å². The van der Waals surface area contributed by atoms with Crippen LogP contribution < -0.4 is 4.90 Å². The fraction of sp³-hybridized carbons (Fsp3) is 0.429. The minimum Gasteiger partial charge on any atom is -0.469 e. The number of benzene rings is 2. The molecule has 0 amide bonds. The highest BCUT2D eigenvalue weighted by molar-refractivity contribution is 8.24. The van der Waals surface area contributed by atoms with Gasteiger partial charge in [-0.25, -0.2) is 9.07 Å². The van der Waals surface area contributed by atoms with Crippen LogP contribution in [0.3, 0.4) is 0 Å². The Bertz CT molecular complexity index is 1280. The average molecular weight is 526 g/mol. The van der Waals surface area contributed by atoms with Gasteiger partial charge in [0.25, 0.3) is 0 Å². The van der Waals surface area contributed by atoms with Crippen molar-refractivity contribution >= 4 is 22.2 Å². The number of hydrogen-bond donors (Lipinski definition) is 2. The van der Waals surface area contributed by atoms with Crippen LogP contribution in [-0.4, -0.2) is 56.6 Å². The van der Waals surface area contributed by atoms with E-state index in [1.165, 1.54) is 19.2 Å². The molecule has 0 spiro atoms. The van der Waals surface area contributed by atoms with Crippen LogP contribution in [0, 0.1) is 23.6 Å². The molecule has 6 rings (SSSR count). The molecule has 2 heterocycles. The average Bonchev–Trinajstić information content (AvgIpc) is 3.54. The zero-order chi connectivity index (χ0) is 25.7. The second kappa shape index (κ2) is 9.45. The number of halogens is 1. The van der Waals surface area contributed by atoms with Gasteiger partial charge in [-0.3, -0.25) is 13.9 Å². The van der Waals surface area contributed by atoms with E-state index in [0.29, 0.717) is 36.4 Å². The summed E-state index contributed by atoms with van der Waals surface area (Å²) < 4.78 is 40.5. The van der Waals surface area contributed by atoms with E-state index >= 15 is 0 Å². The van der Waals surface area contributed by atoms with Crippen molar-refractivity contribution in [1.29, 1.82) is 0 Å². The largest absolute Gasteiger partial charge is 0.469 e. The van der Waals surface area contributed by atoms with Gasteiger partial charge in [-0.05, 0) is 73.1 Å². The van der Waals surface area contributed by atoms with Gasteiger partial charge in [0.05, 0.1) is 35.9 Å². The maximum absolute atomic E-state index is 13.6. The molecule has 0 bridgehead atoms. The van der Waals surface area contributed by atoms with Gasteiger partial charge in [-0.15, -0.1) is 0 Å². The Hall–Kier alpha value is -2.88. The molecule has 2 N–H and O–H groups in total. The van der Waals surface area contributed by atoms with Crippen molar-refractivity contribution in [1.82, 2.24) is 9.78 Å². The Kier molecular flexibility index (Phi) is 6.25. The van der Waals surface area contributed by atoms with E-state index in [2.05, 4.69) is 29.2 Å². The quantitative estimate of drug-likeness (QED) is 0.425. The molecule has 2 aromatic carbocycles. The van der Waals surface area contributed by atoms with Crippen molar-refractivity contribution in [2.45, 2.75) is 25.2 Å². The number of anilines is 1. The summed E-state index contributed by atoms with van der Waals surface area (Å²) >= 11 is 0. The van der Waals surface area contributed by atoms with Crippen LogP contribution in [0.1, 0.15) is 30.9 Å². The van der Waals surface area contributed by atoms with Crippen molar-refractivity contribution in [3.63, 3.8) is 0 Å². The standard InChI is InChI=1S/C28H32FN3O4S/c1-36-28(33)25-16-20-14-19(20)15-24(25)27-26(17-32(30-27)23-8-4-21(29)5-9-23)18-2-6-22(7-3-18)31-10-12-37(34,35)13-11-31/h2-9,17,19-20,24-25,34-35H,10-16H2,1H3. The van der Waals surface area contributed by atoms with Gasteiger partial charge in [0.15, 0.2) is 0 Å². The summed E-state index contributed by atoms with van der Waals surface area (Å²) in [6.07, 6.45) is 4.88. The molecular weight excluding hydrogens is 493 g/mol. The zero-order valence-corrected chi connectivity index (χ0v) is 21.6. The van der Waals surface area contributed by atoms with E-state index < -0.39 is 10.6 Å². The zero-order valence-electron chi connectivity index (χ0n) is 20.8. The maximum atomic E-state index is 13.6. The summed E-state index contributed by atoms with van der Waals surface area (Å²) in [6, 6.07) is 14.5. The van der Waals surface area contributed by atoms with Gasteiger partial charge in [0, 0.05) is 36.5 Å². The Labute approximate surface area is 217 Å². The third-order valence-electron chi connectivity index (χ3n) is 8.28. The van der Waals surface area contributed by atoms with E-state index in [0.717, 1.165) is 47.5 Å². The smallest absolute Gasteiger partial charge is 0.309 e. The van der Waals surface area contributed by atoms with Crippen LogP contribution >= 0.6 is 10.6 Å². The van der Waals surface area contributed by atoms with Crippen LogP contribution in [0.5, 0.6) is 0 Å². The van der Waals surface area contributed by atoms with E-state index in [1.807, 2.05) is 6.20 Å². The molecule has 9 heteroatoms. The van der Waals surface area contributed by atoms with Crippen LogP contribution in [0.25, 0.3) is 16.8 Å². The lowest BCUT2D eigenvalue weighted by atomic mass is 9.76. The number of carbonyl (C=O) groups is 1. The van der Waals surface area contributed by atoms with Crippen LogP contribution in [0.4, 0.5) is 10.1 Å². The fourth-order valence-corrected chi connectivity index (χ4v) is 7.26. The van der Waals surface area contributed by atoms with Gasteiger partial charge in [-0.1, -0.05) is 12.1 Å². The van der Waals surface area contributed by atoms with Crippen molar-refractivity contribution in [3.05, 3.63) is 66.2 Å². The molecular formula is C28H32FN3O4S. The van der Waals surface area contributed by atoms with Gasteiger partial charge in [0.1, 0.15) is 5.82 Å². The number of aromatic nitrogens is 2. The molecule has 3 fully saturated rings. The second-order valence-corrected chi connectivity index (χ2v) is 13.0. The van der Waals surface area contributed by atoms with Crippen LogP contribution in [-0.2, 0) is 9.53 Å². The molecule has 7 nitrogen and oxygen atoms in total. The third kappa shape index (κ3) is 4.87. The fourth-order valence-electron chi connectivity index (χ4n) is 6.03. The lowest BCUT2D eigenvalue weighted by molar-refractivity contribution is -0.147. The summed E-state index contributed by atoms with van der Waals surface area (Å²) in [5, 5.41) is 4.98. The molecule has 1 saturated heterocycles. The van der Waals surface area contributed by atoms with Crippen LogP contribution in [0.15, 0.2) is 54.7 Å². The highest BCUT2D eigenvalue weighted by atomic mass is 32.3. The Morgan fingerprint density at radius 1 is 0.973 bits per heavy atom. The molecule has 3 aliphatic rings. The van der Waals surface area contributed by atoms with Crippen molar-refractivity contribution < 1.29 is 23.0 Å². The summed E-state index contributed by atoms with van der Waals surface area (Å²) in [6.45, 7) is 1.22. The first-order valence-corrected chi connectivity index (χ1v) is 14.7. The highest BCUT2D eigenvalue weighted by Gasteiger charge is 2.50. The van der Waals surface area contributed by atoms with Gasteiger partial charge in [0.2, 0.25) is 0 Å². The minimum absolute atomic E-state index is 0.0418. The summed E-state index contributed by atoms with van der Waals surface area (Å²) in [5.41, 5.74) is 4.63.